The van der Waals surface area contributed by atoms with E-state index in [1.807, 2.05) is 36.4 Å². The molecule has 0 amide bonds. The van der Waals surface area contributed by atoms with Gasteiger partial charge in [-0.05, 0) is 42.0 Å². The van der Waals surface area contributed by atoms with Crippen LogP contribution in [0.1, 0.15) is 5.56 Å². The second-order valence-electron chi connectivity index (χ2n) is 5.84. The van der Waals surface area contributed by atoms with Gasteiger partial charge in [0.25, 0.3) is 0 Å². The predicted molar refractivity (Wildman–Crippen MR) is 112 cm³/mol. The summed E-state index contributed by atoms with van der Waals surface area (Å²) in [7, 11) is 2.06. The first kappa shape index (κ1) is 16.3. The van der Waals surface area contributed by atoms with Gasteiger partial charge in [0.05, 0.1) is 16.4 Å². The lowest BCUT2D eigenvalue weighted by Crippen LogP contribution is -2.08. The summed E-state index contributed by atoms with van der Waals surface area (Å²) in [6.07, 6.45) is 1.80. The summed E-state index contributed by atoms with van der Waals surface area (Å²) in [6.45, 7) is 0. The molecule has 0 aliphatic rings. The molecule has 128 valence electrons. The summed E-state index contributed by atoms with van der Waals surface area (Å²) < 4.78 is 1.15. The highest BCUT2D eigenvalue weighted by molar-refractivity contribution is 7.22. The first-order valence-corrected chi connectivity index (χ1v) is 9.15. The summed E-state index contributed by atoms with van der Waals surface area (Å²) in [6, 6.07) is 26.6. The van der Waals surface area contributed by atoms with E-state index in [0.717, 1.165) is 32.3 Å². The van der Waals surface area contributed by atoms with E-state index in [2.05, 4.69) is 69.9 Å². The zero-order chi connectivity index (χ0) is 17.8. The van der Waals surface area contributed by atoms with E-state index in [4.69, 9.17) is 0 Å². The summed E-state index contributed by atoms with van der Waals surface area (Å²) in [5.74, 6) is 0. The molecular weight excluding hydrogens is 340 g/mol. The summed E-state index contributed by atoms with van der Waals surface area (Å²) in [5, 5.41) is 5.09. The number of anilines is 3. The molecule has 1 heterocycles. The van der Waals surface area contributed by atoms with Crippen LogP contribution in [0, 0.1) is 0 Å². The minimum absolute atomic E-state index is 0.794. The molecule has 0 fully saturated rings. The Morgan fingerprint density at radius 1 is 0.885 bits per heavy atom. The van der Waals surface area contributed by atoms with Gasteiger partial charge in [0.1, 0.15) is 0 Å². The van der Waals surface area contributed by atoms with Gasteiger partial charge in [-0.2, -0.15) is 5.10 Å². The molecule has 0 aliphatic heterocycles. The van der Waals surface area contributed by atoms with Crippen LogP contribution in [0.3, 0.4) is 0 Å². The molecule has 0 atom stereocenters. The predicted octanol–water partition coefficient (Wildman–Crippen LogP) is 5.51. The number of nitrogens with zero attached hydrogens (tertiary/aromatic N) is 3. The molecule has 0 radical (unpaired) electrons. The molecule has 0 saturated heterocycles. The van der Waals surface area contributed by atoms with Gasteiger partial charge >= 0.3 is 0 Å². The zero-order valence-corrected chi connectivity index (χ0v) is 15.1. The van der Waals surface area contributed by atoms with Crippen molar-refractivity contribution < 1.29 is 0 Å². The number of aromatic nitrogens is 1. The minimum Gasteiger partial charge on any atom is -0.345 e. The highest BCUT2D eigenvalue weighted by Gasteiger charge is 2.03. The quantitative estimate of drug-likeness (QED) is 0.378. The number of hydrogen-bond acceptors (Lipinski definition) is 5. The smallest absolute Gasteiger partial charge is 0.204 e. The van der Waals surface area contributed by atoms with E-state index in [0.29, 0.717) is 0 Å². The molecule has 4 aromatic rings. The molecule has 0 spiro atoms. The molecule has 5 heteroatoms. The van der Waals surface area contributed by atoms with Crippen LogP contribution in [0.2, 0.25) is 0 Å². The van der Waals surface area contributed by atoms with Crippen LogP contribution in [0.15, 0.2) is 84.0 Å². The monoisotopic (exact) mass is 358 g/mol. The normalized spacial score (nSPS) is 11.1. The number of nitrogens with one attached hydrogen (secondary N) is 1. The van der Waals surface area contributed by atoms with E-state index in [1.165, 1.54) is 0 Å². The Bertz CT molecular complexity index is 990. The molecule has 0 unspecified atom stereocenters. The van der Waals surface area contributed by atoms with E-state index >= 15 is 0 Å². The molecule has 4 rings (SSSR count). The Morgan fingerprint density at radius 3 is 2.35 bits per heavy atom. The molecule has 0 bridgehead atoms. The first-order chi connectivity index (χ1) is 12.8. The molecule has 1 N–H and O–H groups in total. The van der Waals surface area contributed by atoms with Crippen LogP contribution in [0.5, 0.6) is 0 Å². The largest absolute Gasteiger partial charge is 0.345 e. The Balaban J connectivity index is 1.43. The van der Waals surface area contributed by atoms with Crippen molar-refractivity contribution in [3.05, 3.63) is 84.4 Å². The van der Waals surface area contributed by atoms with Crippen LogP contribution in [0.25, 0.3) is 10.2 Å². The molecular formula is C21H18N4S. The lowest BCUT2D eigenvalue weighted by Gasteiger charge is -2.19. The van der Waals surface area contributed by atoms with Gasteiger partial charge in [0.15, 0.2) is 0 Å². The standard InChI is InChI=1S/C21H18N4S/c1-25(17-7-3-2-4-8-17)18-13-11-16(12-14-18)15-22-24-21-23-19-9-5-6-10-20(19)26-21/h2-15H,1H3,(H,23,24)/b22-15-. The van der Waals surface area contributed by atoms with Crippen molar-refractivity contribution in [1.82, 2.24) is 4.98 Å². The fourth-order valence-corrected chi connectivity index (χ4v) is 3.48. The lowest BCUT2D eigenvalue weighted by atomic mass is 10.2. The number of rotatable bonds is 5. The molecule has 4 nitrogen and oxygen atoms in total. The third-order valence-corrected chi connectivity index (χ3v) is 5.03. The van der Waals surface area contributed by atoms with Crippen LogP contribution in [-0.4, -0.2) is 18.2 Å². The second kappa shape index (κ2) is 7.37. The molecule has 0 saturated carbocycles. The average molecular weight is 358 g/mol. The Labute approximate surface area is 156 Å². The van der Waals surface area contributed by atoms with Crippen molar-refractivity contribution in [3.63, 3.8) is 0 Å². The third-order valence-electron chi connectivity index (χ3n) is 4.09. The number of thiazole rings is 1. The van der Waals surface area contributed by atoms with Gasteiger partial charge < -0.3 is 4.90 Å². The minimum atomic E-state index is 0.794. The van der Waals surface area contributed by atoms with Crippen molar-refractivity contribution >= 4 is 44.3 Å². The van der Waals surface area contributed by atoms with Gasteiger partial charge in [0.2, 0.25) is 5.13 Å². The maximum absolute atomic E-state index is 4.50. The number of para-hydroxylation sites is 2. The zero-order valence-electron chi connectivity index (χ0n) is 14.3. The molecule has 0 aliphatic carbocycles. The Morgan fingerprint density at radius 2 is 1.58 bits per heavy atom. The fraction of sp³-hybridized carbons (Fsp3) is 0.0476. The van der Waals surface area contributed by atoms with Crippen molar-refractivity contribution in [1.29, 1.82) is 0 Å². The van der Waals surface area contributed by atoms with Gasteiger partial charge in [-0.3, -0.25) is 5.43 Å². The van der Waals surface area contributed by atoms with Crippen LogP contribution in [0.4, 0.5) is 16.5 Å². The summed E-state index contributed by atoms with van der Waals surface area (Å²) in [4.78, 5) is 6.65. The van der Waals surface area contributed by atoms with Crippen molar-refractivity contribution in [2.45, 2.75) is 0 Å². The lowest BCUT2D eigenvalue weighted by molar-refractivity contribution is 1.21. The van der Waals surface area contributed by atoms with Crippen LogP contribution in [-0.2, 0) is 0 Å². The van der Waals surface area contributed by atoms with E-state index < -0.39 is 0 Å². The number of fused-ring (bicyclic) bond motifs is 1. The molecule has 26 heavy (non-hydrogen) atoms. The van der Waals surface area contributed by atoms with Gasteiger partial charge in [0, 0.05) is 18.4 Å². The average Bonchev–Trinajstić information content (AvgIpc) is 3.11. The van der Waals surface area contributed by atoms with E-state index in [-0.39, 0.29) is 0 Å². The maximum Gasteiger partial charge on any atom is 0.204 e. The Hall–Kier alpha value is -3.18. The van der Waals surface area contributed by atoms with Crippen molar-refractivity contribution in [2.75, 3.05) is 17.4 Å². The summed E-state index contributed by atoms with van der Waals surface area (Å²) in [5.41, 5.74) is 7.32. The van der Waals surface area contributed by atoms with Crippen molar-refractivity contribution in [3.8, 4) is 0 Å². The van der Waals surface area contributed by atoms with Gasteiger partial charge in [-0.25, -0.2) is 4.98 Å². The fourth-order valence-electron chi connectivity index (χ4n) is 2.67. The van der Waals surface area contributed by atoms with Gasteiger partial charge in [-0.1, -0.05) is 53.8 Å². The molecule has 1 aromatic heterocycles. The Kier molecular flexibility index (Phi) is 4.62. The van der Waals surface area contributed by atoms with E-state index in [1.54, 1.807) is 17.6 Å². The number of hydrazone groups is 1. The number of hydrogen-bond donors (Lipinski definition) is 1. The van der Waals surface area contributed by atoms with E-state index in [9.17, 15) is 0 Å². The maximum atomic E-state index is 4.50. The topological polar surface area (TPSA) is 40.5 Å². The highest BCUT2D eigenvalue weighted by atomic mass is 32.1. The second-order valence-corrected chi connectivity index (χ2v) is 6.87. The molecule has 3 aromatic carbocycles. The van der Waals surface area contributed by atoms with Crippen LogP contribution >= 0.6 is 11.3 Å². The van der Waals surface area contributed by atoms with Gasteiger partial charge in [-0.15, -0.1) is 0 Å². The number of benzene rings is 3. The highest BCUT2D eigenvalue weighted by Crippen LogP contribution is 2.25. The third kappa shape index (κ3) is 3.58. The summed E-state index contributed by atoms with van der Waals surface area (Å²) >= 11 is 1.59. The van der Waals surface area contributed by atoms with Crippen LogP contribution < -0.4 is 10.3 Å². The first-order valence-electron chi connectivity index (χ1n) is 8.33. The SMILES string of the molecule is CN(c1ccccc1)c1ccc(/C=N\Nc2nc3ccccc3s2)cc1. The van der Waals surface area contributed by atoms with Crippen molar-refractivity contribution in [2.24, 2.45) is 5.10 Å².